The average Bonchev–Trinajstić information content (AvgIpc) is 2.93. The van der Waals surface area contributed by atoms with Crippen molar-refractivity contribution in [1.29, 1.82) is 0 Å². The first kappa shape index (κ1) is 29.0. The topological polar surface area (TPSA) is 91.0 Å². The predicted molar refractivity (Wildman–Crippen MR) is 149 cm³/mol. The molecule has 1 atom stereocenters. The highest BCUT2D eigenvalue weighted by Crippen LogP contribution is 2.46. The summed E-state index contributed by atoms with van der Waals surface area (Å²) in [5.74, 6) is 0.396. The molecule has 206 valence electrons. The van der Waals surface area contributed by atoms with Gasteiger partial charge < -0.3 is 20.3 Å². The molecule has 0 bridgehead atoms. The van der Waals surface area contributed by atoms with E-state index in [1.165, 1.54) is 4.90 Å². The molecule has 3 rings (SSSR count). The molecule has 0 radical (unpaired) electrons. The van der Waals surface area contributed by atoms with Gasteiger partial charge in [0.1, 0.15) is 11.2 Å². The van der Waals surface area contributed by atoms with Gasteiger partial charge in [-0.2, -0.15) is 0 Å². The van der Waals surface area contributed by atoms with E-state index in [1.807, 2.05) is 83.1 Å². The molecule has 0 aromatic heterocycles. The van der Waals surface area contributed by atoms with Crippen molar-refractivity contribution in [1.82, 2.24) is 20.4 Å². The monoisotopic (exact) mass is 522 g/mol. The van der Waals surface area contributed by atoms with Crippen LogP contribution in [-0.4, -0.2) is 47.1 Å². The Morgan fingerprint density at radius 3 is 2.13 bits per heavy atom. The minimum Gasteiger partial charge on any atom is -0.469 e. The number of hydrogen-bond acceptors (Lipinski definition) is 4. The van der Waals surface area contributed by atoms with Gasteiger partial charge in [-0.05, 0) is 55.9 Å². The van der Waals surface area contributed by atoms with Gasteiger partial charge in [-0.25, -0.2) is 14.5 Å². The number of urea groups is 2. The molecule has 0 aliphatic carbocycles. The molecule has 1 saturated heterocycles. The standard InChI is InChI=1S/C30H42N4O4/c1-6-18-31-28(36)32-20-23-14-16-25(17-15-23)38-27-30(8-3,9-4)26(35)34(27)29(37)33(19-7-2)21-24-12-10-22(5)11-13-24/h10-17,27H,6-9,18-21H2,1-5H3,(H2,31,32,36). The maximum absolute atomic E-state index is 13.7. The summed E-state index contributed by atoms with van der Waals surface area (Å²) >= 11 is 0. The Balaban J connectivity index is 1.74. The molecular weight excluding hydrogens is 480 g/mol. The molecule has 2 aromatic rings. The second-order valence-corrected chi connectivity index (χ2v) is 9.95. The largest absolute Gasteiger partial charge is 0.469 e. The van der Waals surface area contributed by atoms with Crippen molar-refractivity contribution in [3.63, 3.8) is 0 Å². The van der Waals surface area contributed by atoms with E-state index in [9.17, 15) is 14.4 Å². The molecular formula is C30H42N4O4. The molecule has 2 aromatic carbocycles. The van der Waals surface area contributed by atoms with Crippen LogP contribution >= 0.6 is 0 Å². The van der Waals surface area contributed by atoms with Crippen molar-refractivity contribution in [2.45, 2.75) is 79.6 Å². The predicted octanol–water partition coefficient (Wildman–Crippen LogP) is 5.59. The molecule has 1 aliphatic rings. The first-order chi connectivity index (χ1) is 18.3. The van der Waals surface area contributed by atoms with Gasteiger partial charge in [0.15, 0.2) is 6.23 Å². The number of benzene rings is 2. The first-order valence-corrected chi connectivity index (χ1v) is 13.7. The summed E-state index contributed by atoms with van der Waals surface area (Å²) in [6.07, 6.45) is 2.14. The Morgan fingerprint density at radius 2 is 1.55 bits per heavy atom. The van der Waals surface area contributed by atoms with Crippen molar-refractivity contribution >= 4 is 18.0 Å². The fourth-order valence-electron chi connectivity index (χ4n) is 4.76. The number of nitrogens with zero attached hydrogens (tertiary/aromatic N) is 2. The fourth-order valence-corrected chi connectivity index (χ4v) is 4.76. The van der Waals surface area contributed by atoms with Crippen LogP contribution in [-0.2, 0) is 17.9 Å². The van der Waals surface area contributed by atoms with E-state index in [4.69, 9.17) is 4.74 Å². The third-order valence-electron chi connectivity index (χ3n) is 7.24. The first-order valence-electron chi connectivity index (χ1n) is 13.7. The molecule has 8 heteroatoms. The van der Waals surface area contributed by atoms with E-state index in [-0.39, 0.29) is 18.0 Å². The molecule has 1 heterocycles. The van der Waals surface area contributed by atoms with Crippen LogP contribution in [0.3, 0.4) is 0 Å². The number of hydrogen-bond donors (Lipinski definition) is 2. The minimum absolute atomic E-state index is 0.179. The van der Waals surface area contributed by atoms with Gasteiger partial charge >= 0.3 is 12.1 Å². The summed E-state index contributed by atoms with van der Waals surface area (Å²) in [7, 11) is 0. The third kappa shape index (κ3) is 6.47. The van der Waals surface area contributed by atoms with Crippen LogP contribution in [0.5, 0.6) is 5.75 Å². The van der Waals surface area contributed by atoms with Crippen LogP contribution in [0.1, 0.15) is 70.1 Å². The van der Waals surface area contributed by atoms with Crippen molar-refractivity contribution in [3.05, 3.63) is 65.2 Å². The minimum atomic E-state index is -0.741. The second kappa shape index (κ2) is 13.3. The number of amides is 5. The van der Waals surface area contributed by atoms with Gasteiger partial charge in [0.05, 0.1) is 0 Å². The highest BCUT2D eigenvalue weighted by Gasteiger charge is 2.63. The smallest absolute Gasteiger partial charge is 0.330 e. The van der Waals surface area contributed by atoms with Gasteiger partial charge in [0, 0.05) is 26.2 Å². The summed E-state index contributed by atoms with van der Waals surface area (Å²) in [6.45, 7) is 12.0. The number of β-lactam (4-membered cyclic amide) rings is 1. The van der Waals surface area contributed by atoms with Gasteiger partial charge in [-0.3, -0.25) is 4.79 Å². The van der Waals surface area contributed by atoms with Crippen molar-refractivity contribution in [3.8, 4) is 5.75 Å². The summed E-state index contributed by atoms with van der Waals surface area (Å²) in [6, 6.07) is 15.0. The number of aryl methyl sites for hydroxylation is 1. The second-order valence-electron chi connectivity index (χ2n) is 9.95. The van der Waals surface area contributed by atoms with Gasteiger partial charge in [-0.1, -0.05) is 69.7 Å². The summed E-state index contributed by atoms with van der Waals surface area (Å²) < 4.78 is 6.34. The molecule has 5 amide bonds. The van der Waals surface area contributed by atoms with Crippen LogP contribution in [0.25, 0.3) is 0 Å². The molecule has 0 spiro atoms. The van der Waals surface area contributed by atoms with Crippen molar-refractivity contribution < 1.29 is 19.1 Å². The SMILES string of the molecule is CCCNC(=O)NCc1ccc(OC2N(C(=O)N(CCC)Cc3ccc(C)cc3)C(=O)C2(CC)CC)cc1. The van der Waals surface area contributed by atoms with E-state index in [0.717, 1.165) is 29.5 Å². The Kier molecular flexibility index (Phi) is 10.2. The van der Waals surface area contributed by atoms with Crippen molar-refractivity contribution in [2.24, 2.45) is 5.41 Å². The van der Waals surface area contributed by atoms with E-state index in [0.29, 0.717) is 44.8 Å². The van der Waals surface area contributed by atoms with Gasteiger partial charge in [0.2, 0.25) is 5.91 Å². The molecule has 8 nitrogen and oxygen atoms in total. The molecule has 38 heavy (non-hydrogen) atoms. The zero-order chi connectivity index (χ0) is 27.7. The molecule has 1 aliphatic heterocycles. The number of nitrogens with one attached hydrogen (secondary N) is 2. The molecule has 1 fully saturated rings. The zero-order valence-corrected chi connectivity index (χ0v) is 23.4. The van der Waals surface area contributed by atoms with E-state index in [2.05, 4.69) is 10.6 Å². The Hall–Kier alpha value is -3.55. The van der Waals surface area contributed by atoms with Crippen LogP contribution in [0.4, 0.5) is 9.59 Å². The van der Waals surface area contributed by atoms with Crippen LogP contribution in [0, 0.1) is 12.3 Å². The van der Waals surface area contributed by atoms with Crippen LogP contribution in [0.15, 0.2) is 48.5 Å². The lowest BCUT2D eigenvalue weighted by Gasteiger charge is -2.54. The molecule has 2 N–H and O–H groups in total. The summed E-state index contributed by atoms with van der Waals surface area (Å²) in [5, 5.41) is 5.61. The third-order valence-corrected chi connectivity index (χ3v) is 7.24. The van der Waals surface area contributed by atoms with Crippen LogP contribution in [0.2, 0.25) is 0 Å². The van der Waals surface area contributed by atoms with Crippen LogP contribution < -0.4 is 15.4 Å². The maximum Gasteiger partial charge on any atom is 0.330 e. The van der Waals surface area contributed by atoms with E-state index >= 15 is 0 Å². The number of likely N-dealkylation sites (tertiary alicyclic amines) is 1. The van der Waals surface area contributed by atoms with Gasteiger partial charge in [-0.15, -0.1) is 0 Å². The lowest BCUT2D eigenvalue weighted by atomic mass is 9.72. The fraction of sp³-hybridized carbons (Fsp3) is 0.500. The average molecular weight is 523 g/mol. The summed E-state index contributed by atoms with van der Waals surface area (Å²) in [5.41, 5.74) is 2.36. The molecule has 1 unspecified atom stereocenters. The molecule has 0 saturated carbocycles. The lowest BCUT2D eigenvalue weighted by molar-refractivity contribution is -0.192. The Bertz CT molecular complexity index is 1080. The number of imide groups is 1. The number of ether oxygens (including phenoxy) is 1. The number of rotatable bonds is 12. The number of carbonyl (C=O) groups is 3. The Labute approximate surface area is 226 Å². The van der Waals surface area contributed by atoms with E-state index < -0.39 is 11.6 Å². The Morgan fingerprint density at radius 1 is 0.921 bits per heavy atom. The van der Waals surface area contributed by atoms with Gasteiger partial charge in [0.25, 0.3) is 0 Å². The normalized spacial score (nSPS) is 16.0. The van der Waals surface area contributed by atoms with Crippen molar-refractivity contribution in [2.75, 3.05) is 13.1 Å². The number of carbonyl (C=O) groups excluding carboxylic acids is 3. The quantitative estimate of drug-likeness (QED) is 0.356. The highest BCUT2D eigenvalue weighted by molar-refractivity contribution is 6.03. The maximum atomic E-state index is 13.7. The highest BCUT2D eigenvalue weighted by atomic mass is 16.5. The lowest BCUT2D eigenvalue weighted by Crippen LogP contribution is -2.73. The summed E-state index contributed by atoms with van der Waals surface area (Å²) in [4.78, 5) is 42.0. The zero-order valence-electron chi connectivity index (χ0n) is 23.4. The van der Waals surface area contributed by atoms with E-state index in [1.54, 1.807) is 4.90 Å².